The highest BCUT2D eigenvalue weighted by atomic mass is 16.7. The number of hydrogen-bond acceptors (Lipinski definition) is 6. The van der Waals surface area contributed by atoms with E-state index in [9.17, 15) is 24.3 Å². The van der Waals surface area contributed by atoms with Crippen molar-refractivity contribution in [1.82, 2.24) is 9.96 Å². The molecule has 8 nitrogen and oxygen atoms in total. The van der Waals surface area contributed by atoms with Crippen LogP contribution in [0.5, 0.6) is 0 Å². The molecule has 2 aliphatic heterocycles. The van der Waals surface area contributed by atoms with Gasteiger partial charge in [0.2, 0.25) is 5.91 Å². The fourth-order valence-electron chi connectivity index (χ4n) is 1.76. The van der Waals surface area contributed by atoms with Crippen LogP contribution in [0, 0.1) is 0 Å². The van der Waals surface area contributed by atoms with E-state index < -0.39 is 29.9 Å². The molecule has 0 saturated carbocycles. The van der Waals surface area contributed by atoms with Crippen LogP contribution in [0.15, 0.2) is 12.2 Å². The Bertz CT molecular complexity index is 456. The maximum absolute atomic E-state index is 11.5. The number of aliphatic hydroxyl groups excluding tert-OH is 1. The lowest BCUT2D eigenvalue weighted by Crippen LogP contribution is -2.37. The molecule has 1 saturated heterocycles. The predicted octanol–water partition coefficient (Wildman–Crippen LogP) is -1.30. The molecular weight excluding hydrogens is 256 g/mol. The maximum atomic E-state index is 11.5. The quantitative estimate of drug-likeness (QED) is 0.635. The minimum atomic E-state index is -1.06. The summed E-state index contributed by atoms with van der Waals surface area (Å²) in [5.41, 5.74) is 0. The summed E-state index contributed by atoms with van der Waals surface area (Å²) in [6, 6.07) is 0. The molecule has 8 heteroatoms. The van der Waals surface area contributed by atoms with E-state index in [1.165, 1.54) is 12.2 Å². The monoisotopic (exact) mass is 268 g/mol. The zero-order valence-electron chi connectivity index (χ0n) is 9.94. The summed E-state index contributed by atoms with van der Waals surface area (Å²) in [4.78, 5) is 50.8. The van der Waals surface area contributed by atoms with E-state index in [0.29, 0.717) is 5.06 Å². The van der Waals surface area contributed by atoms with Crippen LogP contribution in [0.2, 0.25) is 0 Å². The standard InChI is InChI=1S/C11H12N2O6/c14-7-1-2-8(15)12(7)6-5-11(18)19-13-9(16)3-4-10(13)17/h1-2,7,14H,3-6H2/t7-/m1/s1. The molecule has 1 fully saturated rings. The number of carbonyl (C=O) groups is 4. The van der Waals surface area contributed by atoms with Crippen LogP contribution in [0.25, 0.3) is 0 Å². The third kappa shape index (κ3) is 2.79. The zero-order valence-corrected chi connectivity index (χ0v) is 9.94. The highest BCUT2D eigenvalue weighted by Gasteiger charge is 2.33. The Morgan fingerprint density at radius 2 is 1.95 bits per heavy atom. The second-order valence-electron chi connectivity index (χ2n) is 4.10. The summed E-state index contributed by atoms with van der Waals surface area (Å²) in [7, 11) is 0. The number of imide groups is 1. The van der Waals surface area contributed by atoms with Crippen molar-refractivity contribution in [2.75, 3.05) is 6.54 Å². The fourth-order valence-corrected chi connectivity index (χ4v) is 1.76. The molecule has 2 aliphatic rings. The van der Waals surface area contributed by atoms with Crippen LogP contribution in [0.3, 0.4) is 0 Å². The molecule has 2 heterocycles. The molecule has 1 atom stereocenters. The molecule has 0 radical (unpaired) electrons. The number of aliphatic hydroxyl groups is 1. The number of hydrogen-bond donors (Lipinski definition) is 1. The minimum Gasteiger partial charge on any atom is -0.370 e. The molecule has 0 aromatic carbocycles. The Morgan fingerprint density at radius 1 is 1.32 bits per heavy atom. The predicted molar refractivity (Wildman–Crippen MR) is 58.7 cm³/mol. The molecule has 0 aromatic rings. The number of nitrogens with zero attached hydrogens (tertiary/aromatic N) is 2. The van der Waals surface area contributed by atoms with Gasteiger partial charge in [-0.1, -0.05) is 0 Å². The first-order chi connectivity index (χ1) is 8.99. The molecular formula is C11H12N2O6. The Labute approximate surface area is 108 Å². The SMILES string of the molecule is O=C(CCN1C(=O)C=C[C@H]1O)ON1C(=O)CCC1=O. The van der Waals surface area contributed by atoms with Gasteiger partial charge >= 0.3 is 5.97 Å². The van der Waals surface area contributed by atoms with Gasteiger partial charge < -0.3 is 14.8 Å². The van der Waals surface area contributed by atoms with Crippen molar-refractivity contribution in [2.45, 2.75) is 25.5 Å². The van der Waals surface area contributed by atoms with Gasteiger partial charge in [0.05, 0.1) is 6.42 Å². The number of hydroxylamine groups is 2. The summed E-state index contributed by atoms with van der Waals surface area (Å²) in [5, 5.41) is 9.84. The summed E-state index contributed by atoms with van der Waals surface area (Å²) >= 11 is 0. The smallest absolute Gasteiger partial charge is 0.334 e. The summed E-state index contributed by atoms with van der Waals surface area (Å²) in [6.07, 6.45) is 1.26. The lowest BCUT2D eigenvalue weighted by atomic mass is 10.4. The lowest BCUT2D eigenvalue weighted by molar-refractivity contribution is -0.197. The Kier molecular flexibility index (Phi) is 3.61. The summed E-state index contributed by atoms with van der Waals surface area (Å²) < 4.78 is 0. The molecule has 102 valence electrons. The summed E-state index contributed by atoms with van der Waals surface area (Å²) in [6.45, 7) is -0.0535. The van der Waals surface area contributed by atoms with E-state index >= 15 is 0 Å². The van der Waals surface area contributed by atoms with E-state index in [0.717, 1.165) is 4.90 Å². The van der Waals surface area contributed by atoms with Crippen LogP contribution < -0.4 is 0 Å². The van der Waals surface area contributed by atoms with Gasteiger partial charge in [0, 0.05) is 25.5 Å². The van der Waals surface area contributed by atoms with Gasteiger partial charge in [-0.05, 0) is 6.08 Å². The van der Waals surface area contributed by atoms with Gasteiger partial charge in [0.15, 0.2) is 0 Å². The van der Waals surface area contributed by atoms with Gasteiger partial charge in [-0.2, -0.15) is 0 Å². The van der Waals surface area contributed by atoms with Crippen LogP contribution in [0.1, 0.15) is 19.3 Å². The molecule has 0 aromatic heterocycles. The molecule has 19 heavy (non-hydrogen) atoms. The van der Waals surface area contributed by atoms with E-state index in [2.05, 4.69) is 4.84 Å². The number of amides is 3. The molecule has 0 bridgehead atoms. The van der Waals surface area contributed by atoms with Gasteiger partial charge in [-0.3, -0.25) is 14.4 Å². The zero-order chi connectivity index (χ0) is 14.0. The van der Waals surface area contributed by atoms with Crippen LogP contribution >= 0.6 is 0 Å². The lowest BCUT2D eigenvalue weighted by Gasteiger charge is -2.20. The van der Waals surface area contributed by atoms with Crippen LogP contribution in [0.4, 0.5) is 0 Å². The van der Waals surface area contributed by atoms with Crippen molar-refractivity contribution in [2.24, 2.45) is 0 Å². The highest BCUT2D eigenvalue weighted by molar-refractivity contribution is 6.01. The van der Waals surface area contributed by atoms with E-state index in [1.54, 1.807) is 0 Å². The average molecular weight is 268 g/mol. The van der Waals surface area contributed by atoms with E-state index in [1.807, 2.05) is 0 Å². The first-order valence-corrected chi connectivity index (χ1v) is 5.72. The van der Waals surface area contributed by atoms with Crippen molar-refractivity contribution in [1.29, 1.82) is 0 Å². The average Bonchev–Trinajstić information content (AvgIpc) is 2.84. The second-order valence-corrected chi connectivity index (χ2v) is 4.10. The van der Waals surface area contributed by atoms with Crippen LogP contribution in [-0.2, 0) is 24.0 Å². The Morgan fingerprint density at radius 3 is 2.47 bits per heavy atom. The number of rotatable bonds is 4. The van der Waals surface area contributed by atoms with Crippen molar-refractivity contribution in [3.05, 3.63) is 12.2 Å². The van der Waals surface area contributed by atoms with Crippen molar-refractivity contribution < 1.29 is 29.1 Å². The topological polar surface area (TPSA) is 104 Å². The van der Waals surface area contributed by atoms with E-state index in [-0.39, 0.29) is 25.8 Å². The van der Waals surface area contributed by atoms with Gasteiger partial charge in [-0.25, -0.2) is 4.79 Å². The molecule has 0 unspecified atom stereocenters. The molecule has 3 amide bonds. The van der Waals surface area contributed by atoms with Crippen molar-refractivity contribution in [3.8, 4) is 0 Å². The first kappa shape index (κ1) is 13.2. The molecule has 0 spiro atoms. The summed E-state index contributed by atoms with van der Waals surface area (Å²) in [5.74, 6) is -2.33. The van der Waals surface area contributed by atoms with E-state index in [4.69, 9.17) is 0 Å². The maximum Gasteiger partial charge on any atom is 0.334 e. The van der Waals surface area contributed by atoms with Gasteiger partial charge in [0.25, 0.3) is 11.8 Å². The second kappa shape index (κ2) is 5.19. The van der Waals surface area contributed by atoms with Gasteiger partial charge in [0.1, 0.15) is 6.23 Å². The van der Waals surface area contributed by atoms with Gasteiger partial charge in [-0.15, -0.1) is 5.06 Å². The molecule has 2 rings (SSSR count). The molecule has 0 aliphatic carbocycles. The fraction of sp³-hybridized carbons (Fsp3) is 0.455. The Hall–Kier alpha value is -2.22. The normalized spacial score (nSPS) is 22.6. The van der Waals surface area contributed by atoms with Crippen molar-refractivity contribution in [3.63, 3.8) is 0 Å². The number of carbonyl (C=O) groups excluding carboxylic acids is 4. The van der Waals surface area contributed by atoms with Crippen molar-refractivity contribution >= 4 is 23.7 Å². The third-order valence-corrected chi connectivity index (χ3v) is 2.77. The first-order valence-electron chi connectivity index (χ1n) is 5.72. The van der Waals surface area contributed by atoms with Crippen LogP contribution in [-0.4, -0.2) is 51.5 Å². The molecule has 1 N–H and O–H groups in total. The third-order valence-electron chi connectivity index (χ3n) is 2.77. The minimum absolute atomic E-state index is 0.0271. The Balaban J connectivity index is 1.81. The highest BCUT2D eigenvalue weighted by Crippen LogP contribution is 2.13. The largest absolute Gasteiger partial charge is 0.370 e.